The van der Waals surface area contributed by atoms with Crippen LogP contribution in [0.2, 0.25) is 0 Å². The van der Waals surface area contributed by atoms with Gasteiger partial charge in [0.05, 0.1) is 19.3 Å². The molecule has 200 valence electrons. The third-order valence-electron chi connectivity index (χ3n) is 7.97. The van der Waals surface area contributed by atoms with Gasteiger partial charge in [-0.05, 0) is 72.1 Å². The van der Waals surface area contributed by atoms with Gasteiger partial charge in [-0.3, -0.25) is 4.79 Å². The van der Waals surface area contributed by atoms with E-state index in [4.69, 9.17) is 4.74 Å². The average Bonchev–Trinajstić information content (AvgIpc) is 3.60. The summed E-state index contributed by atoms with van der Waals surface area (Å²) in [5, 5.41) is 22.6. The summed E-state index contributed by atoms with van der Waals surface area (Å²) in [5.74, 6) is -0.116. The lowest BCUT2D eigenvalue weighted by molar-refractivity contribution is -0.140. The molecule has 2 saturated carbocycles. The average molecular weight is 526 g/mol. The van der Waals surface area contributed by atoms with Crippen LogP contribution in [-0.4, -0.2) is 52.3 Å². The predicted molar refractivity (Wildman–Crippen MR) is 148 cm³/mol. The van der Waals surface area contributed by atoms with Gasteiger partial charge in [0, 0.05) is 11.5 Å². The van der Waals surface area contributed by atoms with Crippen LogP contribution in [0.15, 0.2) is 42.5 Å². The van der Waals surface area contributed by atoms with Gasteiger partial charge in [-0.1, -0.05) is 62.4 Å². The van der Waals surface area contributed by atoms with Crippen LogP contribution in [0.5, 0.6) is 0 Å². The molecule has 2 aliphatic carbocycles. The van der Waals surface area contributed by atoms with E-state index in [0.717, 1.165) is 28.7 Å². The molecule has 2 aromatic carbocycles. The number of thioether (sulfide) groups is 1. The van der Waals surface area contributed by atoms with Gasteiger partial charge < -0.3 is 20.3 Å². The lowest BCUT2D eigenvalue weighted by Crippen LogP contribution is -2.45. The minimum atomic E-state index is -1.20. The first-order valence-electron chi connectivity index (χ1n) is 13.3. The predicted octanol–water partition coefficient (Wildman–Crippen LogP) is 5.45. The molecule has 0 aliphatic heterocycles. The maximum atomic E-state index is 13.5. The molecule has 3 N–H and O–H groups in total. The van der Waals surface area contributed by atoms with Crippen molar-refractivity contribution in [2.75, 3.05) is 18.6 Å². The molecule has 2 fully saturated rings. The van der Waals surface area contributed by atoms with Crippen molar-refractivity contribution in [1.82, 2.24) is 5.32 Å². The van der Waals surface area contributed by atoms with Crippen molar-refractivity contribution >= 4 is 23.6 Å². The summed E-state index contributed by atoms with van der Waals surface area (Å²) in [4.78, 5) is 25.5. The molecule has 2 unspecified atom stereocenters. The highest BCUT2D eigenvalue weighted by Gasteiger charge is 2.61. The Morgan fingerprint density at radius 1 is 1.14 bits per heavy atom. The van der Waals surface area contributed by atoms with Crippen LogP contribution in [0.25, 0.3) is 11.1 Å². The minimum Gasteiger partial charge on any atom is -0.479 e. The van der Waals surface area contributed by atoms with Gasteiger partial charge in [0.15, 0.2) is 0 Å². The molecule has 0 heterocycles. The lowest BCUT2D eigenvalue weighted by Gasteiger charge is -2.26. The van der Waals surface area contributed by atoms with Gasteiger partial charge in [-0.15, -0.1) is 0 Å². The zero-order chi connectivity index (χ0) is 26.4. The molecule has 0 radical (unpaired) electrons. The number of nitrogens with one attached hydrogen (secondary N) is 1. The molecule has 1 amide bonds. The fraction of sp³-hybridized carbons (Fsp3) is 0.533. The van der Waals surface area contributed by atoms with Crippen molar-refractivity contribution in [3.63, 3.8) is 0 Å². The Hall–Kier alpha value is -2.35. The molecule has 37 heavy (non-hydrogen) atoms. The Balaban J connectivity index is 1.55. The van der Waals surface area contributed by atoms with Crippen LogP contribution in [0.3, 0.4) is 0 Å². The van der Waals surface area contributed by atoms with Crippen LogP contribution in [-0.2, 0) is 16.1 Å². The van der Waals surface area contributed by atoms with Crippen LogP contribution < -0.4 is 5.32 Å². The van der Waals surface area contributed by atoms with E-state index in [-0.39, 0.29) is 24.5 Å². The van der Waals surface area contributed by atoms with Gasteiger partial charge in [-0.25, -0.2) is 4.79 Å². The number of amides is 1. The number of hydrogen-bond acceptors (Lipinski definition) is 5. The summed E-state index contributed by atoms with van der Waals surface area (Å²) in [6, 6.07) is 13.5. The number of rotatable bonds is 12. The smallest absolute Gasteiger partial charge is 0.329 e. The second-order valence-electron chi connectivity index (χ2n) is 10.6. The Kier molecular flexibility index (Phi) is 9.32. The van der Waals surface area contributed by atoms with Crippen molar-refractivity contribution in [2.24, 2.45) is 11.8 Å². The topological polar surface area (TPSA) is 95.9 Å². The number of aliphatic hydroxyl groups is 1. The second kappa shape index (κ2) is 12.5. The zero-order valence-electron chi connectivity index (χ0n) is 21.9. The summed E-state index contributed by atoms with van der Waals surface area (Å²) in [5.41, 5.74) is 2.88. The van der Waals surface area contributed by atoms with E-state index in [1.54, 1.807) is 17.8 Å². The summed E-state index contributed by atoms with van der Waals surface area (Å²) in [7, 11) is 0. The number of carboxylic acids is 1. The Bertz CT molecular complexity index is 1100. The first-order valence-corrected chi connectivity index (χ1v) is 14.7. The minimum absolute atomic E-state index is 0.00385. The summed E-state index contributed by atoms with van der Waals surface area (Å²) >= 11 is 1.59. The van der Waals surface area contributed by atoms with Gasteiger partial charge in [-0.2, -0.15) is 11.8 Å². The van der Waals surface area contributed by atoms with Crippen LogP contribution in [0.4, 0.5) is 0 Å². The maximum absolute atomic E-state index is 13.5. The van der Waals surface area contributed by atoms with Gasteiger partial charge in [0.2, 0.25) is 0 Å². The third-order valence-corrected chi connectivity index (χ3v) is 8.70. The van der Waals surface area contributed by atoms with E-state index in [0.29, 0.717) is 30.3 Å². The number of carboxylic acid groups (broad SMARTS) is 1. The quantitative estimate of drug-likeness (QED) is 0.341. The van der Waals surface area contributed by atoms with E-state index in [9.17, 15) is 19.8 Å². The van der Waals surface area contributed by atoms with Gasteiger partial charge in [0.25, 0.3) is 5.91 Å². The molecule has 6 nitrogen and oxygen atoms in total. The molecule has 0 saturated heterocycles. The fourth-order valence-electron chi connectivity index (χ4n) is 5.65. The second-order valence-corrected chi connectivity index (χ2v) is 11.5. The zero-order valence-corrected chi connectivity index (χ0v) is 22.7. The third kappa shape index (κ3) is 6.57. The Labute approximate surface area is 224 Å². The number of carbonyl (C=O) groups excluding carboxylic acids is 1. The number of benzene rings is 2. The molecule has 0 aromatic heterocycles. The molecular formula is C30H39NO5S. The highest BCUT2D eigenvalue weighted by molar-refractivity contribution is 7.98. The van der Waals surface area contributed by atoms with E-state index < -0.39 is 11.5 Å². The molecule has 2 aliphatic rings. The van der Waals surface area contributed by atoms with Crippen molar-refractivity contribution in [3.05, 3.63) is 59.2 Å². The monoisotopic (exact) mass is 525 g/mol. The fourth-order valence-corrected chi connectivity index (χ4v) is 6.46. The number of aliphatic carboxylic acids is 1. The molecule has 2 aromatic rings. The van der Waals surface area contributed by atoms with Crippen LogP contribution in [0.1, 0.15) is 66.4 Å². The Morgan fingerprint density at radius 2 is 1.89 bits per heavy atom. The molecule has 3 atom stereocenters. The Morgan fingerprint density at radius 3 is 2.57 bits per heavy atom. The van der Waals surface area contributed by atoms with Crippen LogP contribution in [0, 0.1) is 18.8 Å². The van der Waals surface area contributed by atoms with Crippen LogP contribution >= 0.6 is 11.8 Å². The van der Waals surface area contributed by atoms with Crippen molar-refractivity contribution < 1.29 is 24.5 Å². The van der Waals surface area contributed by atoms with E-state index in [2.05, 4.69) is 5.32 Å². The number of ether oxygens (including phenoxy) is 1. The number of hydrogen-bond donors (Lipinski definition) is 3. The van der Waals surface area contributed by atoms with Crippen molar-refractivity contribution in [3.8, 4) is 11.1 Å². The van der Waals surface area contributed by atoms with Gasteiger partial charge >= 0.3 is 5.97 Å². The lowest BCUT2D eigenvalue weighted by atomic mass is 9.85. The molecule has 7 heteroatoms. The highest BCUT2D eigenvalue weighted by atomic mass is 32.2. The van der Waals surface area contributed by atoms with E-state index >= 15 is 0 Å². The first kappa shape index (κ1) is 27.7. The number of aliphatic hydroxyl groups excluding tert-OH is 1. The van der Waals surface area contributed by atoms with Crippen molar-refractivity contribution in [1.29, 1.82) is 0 Å². The summed E-state index contributed by atoms with van der Waals surface area (Å²) < 4.78 is 6.13. The van der Waals surface area contributed by atoms with Gasteiger partial charge in [0.1, 0.15) is 5.54 Å². The largest absolute Gasteiger partial charge is 0.479 e. The molecular weight excluding hydrogens is 486 g/mol. The number of aryl methyl sites for hydroxylation is 1. The number of carbonyl (C=O) groups is 2. The normalized spacial score (nSPS) is 22.4. The van der Waals surface area contributed by atoms with Crippen molar-refractivity contribution in [2.45, 2.75) is 70.1 Å². The SMILES string of the molecule is CSCC1CC1(NC(=O)c1ccc(CO[C@H](CO)CC2CCCCC2)cc1-c1ccccc1C)C(=O)O. The highest BCUT2D eigenvalue weighted by Crippen LogP contribution is 2.46. The molecule has 4 rings (SSSR count). The van der Waals surface area contributed by atoms with E-state index in [1.807, 2.05) is 49.6 Å². The maximum Gasteiger partial charge on any atom is 0.329 e. The summed E-state index contributed by atoms with van der Waals surface area (Å²) in [6.45, 7) is 2.34. The molecule has 0 spiro atoms. The standard InChI is InChI=1S/C30H39NO5S/c1-20-8-6-7-11-25(20)27-15-22(18-36-24(17-32)14-21-9-4-3-5-10-21)12-13-26(27)28(33)31-30(29(34)35)16-23(30)19-37-2/h6-8,11-13,15,21,23-24,32H,3-5,9-10,14,16-19H2,1-2H3,(H,31,33)(H,34,35)/t23?,24-,30?/m0/s1. The first-order chi connectivity index (χ1) is 17.9. The molecule has 0 bridgehead atoms. The van der Waals surface area contributed by atoms with E-state index in [1.165, 1.54) is 32.1 Å². The summed E-state index contributed by atoms with van der Waals surface area (Å²) in [6.07, 6.45) is 9.29.